The van der Waals surface area contributed by atoms with Gasteiger partial charge in [0.05, 0.1) is 17.0 Å². The van der Waals surface area contributed by atoms with Gasteiger partial charge < -0.3 is 10.2 Å². The molecule has 0 saturated carbocycles. The lowest BCUT2D eigenvalue weighted by molar-refractivity contribution is -0.140. The molecule has 0 bridgehead atoms. The Morgan fingerprint density at radius 1 is 1.03 bits per heavy atom. The predicted octanol–water partition coefficient (Wildman–Crippen LogP) is 4.75. The summed E-state index contributed by atoms with van der Waals surface area (Å²) in [6, 6.07) is 10.4. The number of carbonyl (C=O) groups excluding carboxylic acids is 2. The lowest BCUT2D eigenvalue weighted by Gasteiger charge is -2.33. The van der Waals surface area contributed by atoms with Crippen molar-refractivity contribution >= 4 is 62.3 Å². The highest BCUT2D eigenvalue weighted by Crippen LogP contribution is 2.28. The van der Waals surface area contributed by atoms with Crippen LogP contribution in [0.1, 0.15) is 32.3 Å². The largest absolute Gasteiger partial charge is 0.354 e. The van der Waals surface area contributed by atoms with Crippen molar-refractivity contribution in [3.8, 4) is 0 Å². The van der Waals surface area contributed by atoms with Crippen LogP contribution in [-0.4, -0.2) is 50.5 Å². The van der Waals surface area contributed by atoms with E-state index < -0.39 is 28.5 Å². The van der Waals surface area contributed by atoms with Gasteiger partial charge in [-0.25, -0.2) is 8.42 Å². The SMILES string of the molecule is CCCNC(=O)[C@@H](CC)N(Cc1ccc(Cl)cc1Cl)C(=O)CN(c1ccccc1Cl)S(C)(=O)=O. The molecule has 0 aliphatic rings. The van der Waals surface area contributed by atoms with Gasteiger partial charge in [0.15, 0.2) is 0 Å². The smallest absolute Gasteiger partial charge is 0.244 e. The number of amides is 2. The van der Waals surface area contributed by atoms with Gasteiger partial charge in [-0.15, -0.1) is 0 Å². The number of carbonyl (C=O) groups is 2. The van der Waals surface area contributed by atoms with E-state index in [2.05, 4.69) is 5.32 Å². The van der Waals surface area contributed by atoms with Gasteiger partial charge in [0.25, 0.3) is 0 Å². The molecule has 0 heterocycles. The molecule has 0 fully saturated rings. The molecule has 34 heavy (non-hydrogen) atoms. The number of halogens is 3. The number of rotatable bonds is 11. The van der Waals surface area contributed by atoms with Crippen LogP contribution in [0.5, 0.6) is 0 Å². The van der Waals surface area contributed by atoms with Crippen molar-refractivity contribution in [1.29, 1.82) is 0 Å². The van der Waals surface area contributed by atoms with E-state index in [9.17, 15) is 18.0 Å². The van der Waals surface area contributed by atoms with Crippen molar-refractivity contribution in [1.82, 2.24) is 10.2 Å². The maximum absolute atomic E-state index is 13.6. The van der Waals surface area contributed by atoms with Gasteiger partial charge in [0, 0.05) is 23.1 Å². The number of nitrogens with one attached hydrogen (secondary N) is 1. The van der Waals surface area contributed by atoms with Crippen LogP contribution in [0.25, 0.3) is 0 Å². The fraction of sp³-hybridized carbons (Fsp3) is 0.391. The monoisotopic (exact) mass is 547 g/mol. The van der Waals surface area contributed by atoms with Gasteiger partial charge in [-0.05, 0) is 42.7 Å². The molecule has 2 rings (SSSR count). The van der Waals surface area contributed by atoms with Crippen LogP contribution in [-0.2, 0) is 26.2 Å². The highest BCUT2D eigenvalue weighted by atomic mass is 35.5. The second kappa shape index (κ2) is 12.6. The molecule has 2 aromatic rings. The minimum absolute atomic E-state index is 0.00693. The molecule has 7 nitrogen and oxygen atoms in total. The molecule has 1 atom stereocenters. The number of anilines is 1. The molecule has 0 saturated heterocycles. The third kappa shape index (κ3) is 7.50. The van der Waals surface area contributed by atoms with Gasteiger partial charge in [0.2, 0.25) is 21.8 Å². The molecule has 0 unspecified atom stereocenters. The van der Waals surface area contributed by atoms with Gasteiger partial charge in [0.1, 0.15) is 12.6 Å². The number of nitrogens with zero attached hydrogens (tertiary/aromatic N) is 2. The Morgan fingerprint density at radius 3 is 2.26 bits per heavy atom. The Balaban J connectivity index is 2.47. The first kappa shape index (κ1) is 28.2. The Labute approximate surface area is 216 Å². The van der Waals surface area contributed by atoms with Crippen molar-refractivity contribution in [2.45, 2.75) is 39.3 Å². The average molecular weight is 549 g/mol. The normalized spacial score (nSPS) is 12.2. The number of hydrogen-bond donors (Lipinski definition) is 1. The molecule has 0 aromatic heterocycles. The zero-order valence-corrected chi connectivity index (χ0v) is 22.3. The Bertz CT molecular complexity index is 1130. The van der Waals surface area contributed by atoms with E-state index in [0.717, 1.165) is 17.0 Å². The van der Waals surface area contributed by atoms with Gasteiger partial charge >= 0.3 is 0 Å². The second-order valence-corrected chi connectivity index (χ2v) is 10.9. The molecular weight excluding hydrogens is 521 g/mol. The maximum atomic E-state index is 13.6. The summed E-state index contributed by atoms with van der Waals surface area (Å²) in [5, 5.41) is 3.76. The molecular formula is C23H28Cl3N3O4S. The molecule has 1 N–H and O–H groups in total. The maximum Gasteiger partial charge on any atom is 0.244 e. The summed E-state index contributed by atoms with van der Waals surface area (Å²) >= 11 is 18.6. The molecule has 2 amide bonds. The minimum Gasteiger partial charge on any atom is -0.354 e. The van der Waals surface area contributed by atoms with Gasteiger partial charge in [-0.3, -0.25) is 13.9 Å². The predicted molar refractivity (Wildman–Crippen MR) is 138 cm³/mol. The van der Waals surface area contributed by atoms with E-state index in [4.69, 9.17) is 34.8 Å². The fourth-order valence-electron chi connectivity index (χ4n) is 3.37. The Kier molecular flexibility index (Phi) is 10.5. The summed E-state index contributed by atoms with van der Waals surface area (Å²) in [6.07, 6.45) is 2.04. The molecule has 11 heteroatoms. The van der Waals surface area contributed by atoms with Crippen LogP contribution in [0.2, 0.25) is 15.1 Å². The summed E-state index contributed by atoms with van der Waals surface area (Å²) in [7, 11) is -3.87. The first-order valence-corrected chi connectivity index (χ1v) is 13.7. The first-order chi connectivity index (χ1) is 16.0. The third-order valence-electron chi connectivity index (χ3n) is 5.09. The third-order valence-corrected chi connectivity index (χ3v) is 7.12. The Morgan fingerprint density at radius 2 is 1.71 bits per heavy atom. The Hall–Kier alpha value is -2.00. The van der Waals surface area contributed by atoms with Crippen LogP contribution in [0.4, 0.5) is 5.69 Å². The summed E-state index contributed by atoms with van der Waals surface area (Å²) in [5.74, 6) is -0.902. The van der Waals surface area contributed by atoms with E-state index >= 15 is 0 Å². The van der Waals surface area contributed by atoms with Crippen molar-refractivity contribution in [3.63, 3.8) is 0 Å². The molecule has 0 aliphatic carbocycles. The molecule has 2 aromatic carbocycles. The van der Waals surface area contributed by atoms with Crippen molar-refractivity contribution < 1.29 is 18.0 Å². The first-order valence-electron chi connectivity index (χ1n) is 10.7. The zero-order valence-electron chi connectivity index (χ0n) is 19.2. The number of para-hydroxylation sites is 1. The van der Waals surface area contributed by atoms with Crippen LogP contribution in [0.15, 0.2) is 42.5 Å². The van der Waals surface area contributed by atoms with Crippen LogP contribution in [0, 0.1) is 0 Å². The fourth-order valence-corrected chi connectivity index (χ4v) is 4.99. The molecule has 0 radical (unpaired) electrons. The van der Waals surface area contributed by atoms with E-state index in [1.165, 1.54) is 17.0 Å². The lowest BCUT2D eigenvalue weighted by atomic mass is 10.1. The second-order valence-electron chi connectivity index (χ2n) is 7.69. The zero-order chi connectivity index (χ0) is 25.5. The van der Waals surface area contributed by atoms with E-state index in [1.807, 2.05) is 6.92 Å². The van der Waals surface area contributed by atoms with Crippen molar-refractivity contribution in [2.75, 3.05) is 23.7 Å². The summed E-state index contributed by atoms with van der Waals surface area (Å²) in [5.41, 5.74) is 0.748. The van der Waals surface area contributed by atoms with Gasteiger partial charge in [-0.1, -0.05) is 66.8 Å². The van der Waals surface area contributed by atoms with E-state index in [0.29, 0.717) is 28.6 Å². The summed E-state index contributed by atoms with van der Waals surface area (Å²) < 4.78 is 26.1. The van der Waals surface area contributed by atoms with E-state index in [1.54, 1.807) is 37.3 Å². The number of sulfonamides is 1. The molecule has 0 aliphatic heterocycles. The van der Waals surface area contributed by atoms with Crippen molar-refractivity contribution in [3.05, 3.63) is 63.1 Å². The summed E-state index contributed by atoms with van der Waals surface area (Å²) in [4.78, 5) is 27.8. The number of benzene rings is 2. The quantitative estimate of drug-likeness (QED) is 0.439. The standard InChI is InChI=1S/C23H28Cl3N3O4S/c1-4-12-27-23(31)20(5-2)28(14-16-10-11-17(24)13-19(16)26)22(30)15-29(34(3,32)33)21-9-7-6-8-18(21)25/h6-11,13,20H,4-5,12,14-15H2,1-3H3,(H,27,31)/t20-/m1/s1. The highest BCUT2D eigenvalue weighted by Gasteiger charge is 2.32. The van der Waals surface area contributed by atoms with Crippen LogP contribution < -0.4 is 9.62 Å². The average Bonchev–Trinajstić information content (AvgIpc) is 2.77. The lowest BCUT2D eigenvalue weighted by Crippen LogP contribution is -2.52. The topological polar surface area (TPSA) is 86.8 Å². The number of hydrogen-bond acceptors (Lipinski definition) is 4. The highest BCUT2D eigenvalue weighted by molar-refractivity contribution is 7.92. The summed E-state index contributed by atoms with van der Waals surface area (Å²) in [6.45, 7) is 3.61. The van der Waals surface area contributed by atoms with Crippen LogP contribution >= 0.6 is 34.8 Å². The van der Waals surface area contributed by atoms with Gasteiger partial charge in [-0.2, -0.15) is 0 Å². The minimum atomic E-state index is -3.87. The van der Waals surface area contributed by atoms with Crippen molar-refractivity contribution in [2.24, 2.45) is 0 Å². The molecule has 0 spiro atoms. The molecule has 186 valence electrons. The van der Waals surface area contributed by atoms with Crippen LogP contribution in [0.3, 0.4) is 0 Å². The van der Waals surface area contributed by atoms with E-state index in [-0.39, 0.29) is 23.2 Å².